The number of rotatable bonds is 6. The number of hydrogen-bond acceptors (Lipinski definition) is 5. The van der Waals surface area contributed by atoms with Crippen molar-refractivity contribution in [1.29, 1.82) is 0 Å². The van der Waals surface area contributed by atoms with Gasteiger partial charge in [-0.25, -0.2) is 0 Å². The van der Waals surface area contributed by atoms with Crippen molar-refractivity contribution in [2.45, 2.75) is 33.3 Å². The number of carbonyl (C=O) groups excluding carboxylic acids is 3. The molecule has 6 nitrogen and oxygen atoms in total. The average molecular weight is 305 g/mol. The third-order valence-electron chi connectivity index (χ3n) is 3.24. The molecule has 1 atom stereocenters. The van der Waals surface area contributed by atoms with Crippen LogP contribution < -0.4 is 14.4 Å². The molecule has 2 rings (SSSR count). The van der Waals surface area contributed by atoms with Gasteiger partial charge in [0, 0.05) is 5.56 Å². The Bertz CT molecular complexity index is 611. The minimum atomic E-state index is -0.710. The smallest absolute Gasteiger partial charge is 0.268 e. The van der Waals surface area contributed by atoms with E-state index in [1.165, 1.54) is 17.9 Å². The molecule has 1 unspecified atom stereocenters. The number of hydrogen-bond donors (Lipinski definition) is 0. The van der Waals surface area contributed by atoms with Crippen LogP contribution in [0.4, 0.5) is 5.69 Å². The van der Waals surface area contributed by atoms with Gasteiger partial charge in [-0.05, 0) is 32.4 Å². The maximum absolute atomic E-state index is 12.3. The summed E-state index contributed by atoms with van der Waals surface area (Å²) in [4.78, 5) is 36.2. The highest BCUT2D eigenvalue weighted by atomic mass is 16.5. The molecule has 0 N–H and O–H groups in total. The number of carbonyl (C=O) groups is 3. The lowest BCUT2D eigenvalue weighted by molar-refractivity contribution is -0.127. The van der Waals surface area contributed by atoms with E-state index in [9.17, 15) is 14.4 Å². The highest BCUT2D eigenvalue weighted by molar-refractivity contribution is 6.04. The summed E-state index contributed by atoms with van der Waals surface area (Å²) in [5.74, 6) is 0.342. The summed E-state index contributed by atoms with van der Waals surface area (Å²) in [5, 5.41) is 0. The van der Waals surface area contributed by atoms with Gasteiger partial charge in [-0.3, -0.25) is 19.3 Å². The molecule has 1 heterocycles. The molecule has 1 aliphatic heterocycles. The molecule has 1 amide bonds. The number of ether oxygens (including phenoxy) is 2. The van der Waals surface area contributed by atoms with Gasteiger partial charge in [-0.15, -0.1) is 0 Å². The molecule has 118 valence electrons. The van der Waals surface area contributed by atoms with Gasteiger partial charge in [-0.1, -0.05) is 6.92 Å². The Morgan fingerprint density at radius 1 is 1.45 bits per heavy atom. The lowest BCUT2D eigenvalue weighted by Gasteiger charge is -2.33. The zero-order valence-corrected chi connectivity index (χ0v) is 12.9. The first-order chi connectivity index (χ1) is 10.5. The van der Waals surface area contributed by atoms with Crippen molar-refractivity contribution in [2.75, 3.05) is 18.1 Å². The van der Waals surface area contributed by atoms with Crippen molar-refractivity contribution in [3.63, 3.8) is 0 Å². The van der Waals surface area contributed by atoms with Crippen molar-refractivity contribution in [3.8, 4) is 11.5 Å². The SMILES string of the molecule is CCCOc1cc(C=O)cc2c1OC(C)C(=O)N2CC(C)=O. The first-order valence-corrected chi connectivity index (χ1v) is 7.21. The van der Waals surface area contributed by atoms with Gasteiger partial charge in [0.15, 0.2) is 17.6 Å². The monoisotopic (exact) mass is 305 g/mol. The number of anilines is 1. The molecule has 0 radical (unpaired) electrons. The molecule has 0 aromatic heterocycles. The van der Waals surface area contributed by atoms with Gasteiger partial charge in [-0.2, -0.15) is 0 Å². The largest absolute Gasteiger partial charge is 0.490 e. The van der Waals surface area contributed by atoms with E-state index >= 15 is 0 Å². The maximum Gasteiger partial charge on any atom is 0.268 e. The third kappa shape index (κ3) is 3.10. The predicted octanol–water partition coefficient (Wildman–Crippen LogP) is 1.99. The Labute approximate surface area is 129 Å². The van der Waals surface area contributed by atoms with Crippen LogP contribution in [0.15, 0.2) is 12.1 Å². The number of Topliss-reactive ketones (excluding diaryl/α,β-unsaturated/α-hetero) is 1. The van der Waals surface area contributed by atoms with Crippen LogP contribution in [-0.2, 0) is 9.59 Å². The average Bonchev–Trinajstić information content (AvgIpc) is 2.49. The summed E-state index contributed by atoms with van der Waals surface area (Å²) >= 11 is 0. The minimum Gasteiger partial charge on any atom is -0.490 e. The van der Waals surface area contributed by atoms with Crippen molar-refractivity contribution in [1.82, 2.24) is 0 Å². The lowest BCUT2D eigenvalue weighted by atomic mass is 10.1. The Hall–Kier alpha value is -2.37. The van der Waals surface area contributed by atoms with Crippen molar-refractivity contribution < 1.29 is 23.9 Å². The fourth-order valence-corrected chi connectivity index (χ4v) is 2.27. The van der Waals surface area contributed by atoms with E-state index < -0.39 is 6.10 Å². The van der Waals surface area contributed by atoms with Crippen LogP contribution in [0.2, 0.25) is 0 Å². The van der Waals surface area contributed by atoms with Crippen LogP contribution in [0.5, 0.6) is 11.5 Å². The summed E-state index contributed by atoms with van der Waals surface area (Å²) in [7, 11) is 0. The first kappa shape index (κ1) is 16.0. The number of ketones is 1. The van der Waals surface area contributed by atoms with Gasteiger partial charge in [0.1, 0.15) is 12.1 Å². The van der Waals surface area contributed by atoms with Crippen molar-refractivity contribution in [3.05, 3.63) is 17.7 Å². The Balaban J connectivity index is 2.54. The van der Waals surface area contributed by atoms with Crippen LogP contribution in [0.3, 0.4) is 0 Å². The summed E-state index contributed by atoms with van der Waals surface area (Å²) in [6.45, 7) is 5.40. The Morgan fingerprint density at radius 3 is 2.77 bits per heavy atom. The second-order valence-corrected chi connectivity index (χ2v) is 5.22. The third-order valence-corrected chi connectivity index (χ3v) is 3.24. The van der Waals surface area contributed by atoms with Gasteiger partial charge in [0.25, 0.3) is 5.91 Å². The molecular weight excluding hydrogens is 286 g/mol. The molecule has 0 fully saturated rings. The normalized spacial score (nSPS) is 16.8. The van der Waals surface area contributed by atoms with E-state index in [0.29, 0.717) is 35.6 Å². The molecule has 0 bridgehead atoms. The van der Waals surface area contributed by atoms with Crippen LogP contribution in [-0.4, -0.2) is 37.2 Å². The predicted molar refractivity (Wildman–Crippen MR) is 80.7 cm³/mol. The maximum atomic E-state index is 12.3. The number of aldehydes is 1. The fraction of sp³-hybridized carbons (Fsp3) is 0.438. The molecule has 22 heavy (non-hydrogen) atoms. The lowest BCUT2D eigenvalue weighted by Crippen LogP contribution is -2.46. The molecule has 0 saturated heterocycles. The van der Waals surface area contributed by atoms with Crippen LogP contribution >= 0.6 is 0 Å². The second-order valence-electron chi connectivity index (χ2n) is 5.22. The van der Waals surface area contributed by atoms with Gasteiger partial charge < -0.3 is 9.47 Å². The van der Waals surface area contributed by atoms with E-state index in [4.69, 9.17) is 9.47 Å². The highest BCUT2D eigenvalue weighted by Gasteiger charge is 2.34. The molecule has 1 aromatic rings. The first-order valence-electron chi connectivity index (χ1n) is 7.21. The number of benzene rings is 1. The van der Waals surface area contributed by atoms with E-state index in [0.717, 1.165) is 6.42 Å². The zero-order valence-electron chi connectivity index (χ0n) is 12.9. The molecule has 6 heteroatoms. The molecule has 0 spiro atoms. The molecular formula is C16H19NO5. The van der Waals surface area contributed by atoms with E-state index in [-0.39, 0.29) is 18.2 Å². The van der Waals surface area contributed by atoms with E-state index in [1.807, 2.05) is 6.92 Å². The zero-order chi connectivity index (χ0) is 16.3. The number of fused-ring (bicyclic) bond motifs is 1. The molecule has 1 aromatic carbocycles. The Morgan fingerprint density at radius 2 is 2.18 bits per heavy atom. The Kier molecular flexibility index (Phi) is 4.80. The summed E-state index contributed by atoms with van der Waals surface area (Å²) in [6.07, 6.45) is 0.761. The van der Waals surface area contributed by atoms with Crippen molar-refractivity contribution in [2.24, 2.45) is 0 Å². The van der Waals surface area contributed by atoms with Crippen LogP contribution in [0, 0.1) is 0 Å². The van der Waals surface area contributed by atoms with Crippen molar-refractivity contribution >= 4 is 23.7 Å². The molecule has 1 aliphatic rings. The summed E-state index contributed by atoms with van der Waals surface area (Å²) < 4.78 is 11.3. The summed E-state index contributed by atoms with van der Waals surface area (Å²) in [6, 6.07) is 3.11. The molecule has 0 saturated carbocycles. The topological polar surface area (TPSA) is 72.9 Å². The second kappa shape index (κ2) is 6.60. The number of nitrogens with zero attached hydrogens (tertiary/aromatic N) is 1. The van der Waals surface area contributed by atoms with Gasteiger partial charge in [0.2, 0.25) is 0 Å². The van der Waals surface area contributed by atoms with Gasteiger partial charge >= 0.3 is 0 Å². The summed E-state index contributed by atoms with van der Waals surface area (Å²) in [5.41, 5.74) is 0.762. The van der Waals surface area contributed by atoms with Crippen LogP contribution in [0.25, 0.3) is 0 Å². The van der Waals surface area contributed by atoms with E-state index in [1.54, 1.807) is 13.0 Å². The fourth-order valence-electron chi connectivity index (χ4n) is 2.27. The van der Waals surface area contributed by atoms with Crippen LogP contribution in [0.1, 0.15) is 37.6 Å². The minimum absolute atomic E-state index is 0.0605. The highest BCUT2D eigenvalue weighted by Crippen LogP contribution is 2.42. The quantitative estimate of drug-likeness (QED) is 0.752. The standard InChI is InChI=1S/C16H19NO5/c1-4-5-21-14-7-12(9-18)6-13-15(14)22-11(3)16(20)17(13)8-10(2)19/h6-7,9,11H,4-5,8H2,1-3H3. The van der Waals surface area contributed by atoms with E-state index in [2.05, 4.69) is 0 Å². The van der Waals surface area contributed by atoms with Gasteiger partial charge in [0.05, 0.1) is 18.8 Å². The molecule has 0 aliphatic carbocycles. The number of amides is 1.